The Kier molecular flexibility index (Phi) is 7.02. The molecule has 0 bridgehead atoms. The third-order valence-electron chi connectivity index (χ3n) is 3.22. The molecule has 2 N–H and O–H groups in total. The second kappa shape index (κ2) is 8.31. The Balaban J connectivity index is 2.75. The molecule has 0 unspecified atom stereocenters. The molecule has 0 aliphatic rings. The molecule has 1 aromatic carbocycles. The second-order valence-electron chi connectivity index (χ2n) is 5.83. The van der Waals surface area contributed by atoms with Crippen molar-refractivity contribution in [3.8, 4) is 5.75 Å². The Morgan fingerprint density at radius 1 is 1.13 bits per heavy atom. The predicted molar refractivity (Wildman–Crippen MR) is 89.9 cm³/mol. The second-order valence-corrected chi connectivity index (χ2v) is 7.54. The van der Waals surface area contributed by atoms with Crippen molar-refractivity contribution in [3.05, 3.63) is 24.3 Å². The summed E-state index contributed by atoms with van der Waals surface area (Å²) in [5.74, 6) is 0.231. The van der Waals surface area contributed by atoms with Crippen LogP contribution >= 0.6 is 0 Å². The van der Waals surface area contributed by atoms with Gasteiger partial charge in [0.1, 0.15) is 5.75 Å². The average Bonchev–Trinajstić information content (AvgIpc) is 2.46. The van der Waals surface area contributed by atoms with Crippen molar-refractivity contribution in [1.29, 1.82) is 0 Å². The summed E-state index contributed by atoms with van der Waals surface area (Å²) in [5, 5.41) is 2.76. The van der Waals surface area contributed by atoms with Crippen LogP contribution in [0.15, 0.2) is 29.2 Å². The van der Waals surface area contributed by atoms with Gasteiger partial charge >= 0.3 is 0 Å². The monoisotopic (exact) mass is 342 g/mol. The average molecular weight is 342 g/mol. The fourth-order valence-corrected chi connectivity index (χ4v) is 3.10. The van der Waals surface area contributed by atoms with Crippen molar-refractivity contribution in [2.75, 3.05) is 0 Å². The molecule has 0 fully saturated rings. The zero-order valence-corrected chi connectivity index (χ0v) is 15.1. The topological polar surface area (TPSA) is 84.5 Å². The van der Waals surface area contributed by atoms with Crippen LogP contribution in [-0.4, -0.2) is 32.5 Å². The molecule has 0 aromatic heterocycles. The van der Waals surface area contributed by atoms with Gasteiger partial charge < -0.3 is 10.1 Å². The van der Waals surface area contributed by atoms with Gasteiger partial charge in [-0.2, -0.15) is 0 Å². The highest BCUT2D eigenvalue weighted by atomic mass is 32.2. The first-order valence-corrected chi connectivity index (χ1v) is 9.23. The number of ether oxygens (including phenoxy) is 1. The summed E-state index contributed by atoms with van der Waals surface area (Å²) in [4.78, 5) is 12.0. The molecule has 7 heteroatoms. The van der Waals surface area contributed by atoms with E-state index < -0.39 is 16.1 Å². The molecule has 0 aliphatic heterocycles. The summed E-state index contributed by atoms with van der Waals surface area (Å²) in [6.45, 7) is 9.10. The molecule has 1 rings (SSSR count). The quantitative estimate of drug-likeness (QED) is 0.757. The highest BCUT2D eigenvalue weighted by Crippen LogP contribution is 2.17. The van der Waals surface area contributed by atoms with Gasteiger partial charge in [-0.05, 0) is 58.4 Å². The lowest BCUT2D eigenvalue weighted by Gasteiger charge is -2.17. The SMILES string of the molecule is CC[C@H](C)NS(=O)(=O)c1ccc(O[C@@H](C)C(=O)NC(C)C)cc1. The third-order valence-corrected chi connectivity index (χ3v) is 4.82. The minimum atomic E-state index is -3.53. The first-order valence-electron chi connectivity index (χ1n) is 7.75. The smallest absolute Gasteiger partial charge is 0.260 e. The molecule has 0 heterocycles. The lowest BCUT2D eigenvalue weighted by Crippen LogP contribution is -2.40. The van der Waals surface area contributed by atoms with Crippen LogP contribution in [0.2, 0.25) is 0 Å². The minimum Gasteiger partial charge on any atom is -0.481 e. The van der Waals surface area contributed by atoms with Gasteiger partial charge in [-0.15, -0.1) is 0 Å². The van der Waals surface area contributed by atoms with Crippen molar-refractivity contribution >= 4 is 15.9 Å². The summed E-state index contributed by atoms with van der Waals surface area (Å²) in [5.41, 5.74) is 0. The molecule has 0 spiro atoms. The Bertz CT molecular complexity index is 611. The van der Waals surface area contributed by atoms with Gasteiger partial charge in [-0.1, -0.05) is 6.92 Å². The first-order chi connectivity index (χ1) is 10.7. The van der Waals surface area contributed by atoms with Crippen molar-refractivity contribution in [2.24, 2.45) is 0 Å². The van der Waals surface area contributed by atoms with Crippen LogP contribution in [-0.2, 0) is 14.8 Å². The number of carbonyl (C=O) groups is 1. The van der Waals surface area contributed by atoms with E-state index in [2.05, 4.69) is 10.0 Å². The molecular weight excluding hydrogens is 316 g/mol. The number of amides is 1. The molecule has 0 saturated carbocycles. The van der Waals surface area contributed by atoms with Gasteiger partial charge in [0.15, 0.2) is 6.10 Å². The normalized spacial score (nSPS) is 14.3. The van der Waals surface area contributed by atoms with E-state index in [-0.39, 0.29) is 22.9 Å². The van der Waals surface area contributed by atoms with Crippen molar-refractivity contribution < 1.29 is 17.9 Å². The fraction of sp³-hybridized carbons (Fsp3) is 0.562. The largest absolute Gasteiger partial charge is 0.481 e. The number of hydrogen-bond donors (Lipinski definition) is 2. The Morgan fingerprint density at radius 2 is 1.70 bits per heavy atom. The van der Waals surface area contributed by atoms with E-state index in [1.165, 1.54) is 12.1 Å². The highest BCUT2D eigenvalue weighted by Gasteiger charge is 2.18. The predicted octanol–water partition coefficient (Wildman–Crippen LogP) is 2.06. The standard InChI is InChI=1S/C16H26N2O4S/c1-6-12(4)18-23(20,21)15-9-7-14(8-10-15)22-13(5)16(19)17-11(2)3/h7-13,18H,6H2,1-5H3,(H,17,19)/t12-,13-/m0/s1. The van der Waals surface area contributed by atoms with Gasteiger partial charge in [-0.25, -0.2) is 13.1 Å². The summed E-state index contributed by atoms with van der Waals surface area (Å²) in [6, 6.07) is 5.93. The Labute approximate surface area is 138 Å². The van der Waals surface area contributed by atoms with E-state index in [4.69, 9.17) is 4.74 Å². The van der Waals surface area contributed by atoms with Gasteiger partial charge in [-0.3, -0.25) is 4.79 Å². The van der Waals surface area contributed by atoms with Crippen molar-refractivity contribution in [2.45, 2.75) is 64.1 Å². The number of nitrogens with one attached hydrogen (secondary N) is 2. The Hall–Kier alpha value is -1.60. The summed E-state index contributed by atoms with van der Waals surface area (Å²) in [6.07, 6.45) is 0.0567. The number of sulfonamides is 1. The van der Waals surface area contributed by atoms with Crippen LogP contribution in [0.5, 0.6) is 5.75 Å². The van der Waals surface area contributed by atoms with Crippen LogP contribution in [0.3, 0.4) is 0 Å². The van der Waals surface area contributed by atoms with Gasteiger partial charge in [0.2, 0.25) is 10.0 Å². The Morgan fingerprint density at radius 3 is 2.17 bits per heavy atom. The lowest BCUT2D eigenvalue weighted by atomic mass is 10.3. The van der Waals surface area contributed by atoms with Crippen molar-refractivity contribution in [3.63, 3.8) is 0 Å². The maximum Gasteiger partial charge on any atom is 0.260 e. The zero-order chi connectivity index (χ0) is 17.6. The number of benzene rings is 1. The van der Waals surface area contributed by atoms with E-state index in [0.29, 0.717) is 12.2 Å². The number of hydrogen-bond acceptors (Lipinski definition) is 4. The molecule has 23 heavy (non-hydrogen) atoms. The van der Waals surface area contributed by atoms with E-state index >= 15 is 0 Å². The third kappa shape index (κ3) is 6.19. The van der Waals surface area contributed by atoms with Crippen LogP contribution in [0.25, 0.3) is 0 Å². The minimum absolute atomic E-state index is 0.0349. The number of rotatable bonds is 8. The molecule has 0 aliphatic carbocycles. The molecule has 1 aromatic rings. The zero-order valence-electron chi connectivity index (χ0n) is 14.3. The lowest BCUT2D eigenvalue weighted by molar-refractivity contribution is -0.127. The molecule has 0 radical (unpaired) electrons. The summed E-state index contributed by atoms with van der Waals surface area (Å²) >= 11 is 0. The molecular formula is C16H26N2O4S. The van der Waals surface area contributed by atoms with Gasteiger partial charge in [0.25, 0.3) is 5.91 Å². The number of carbonyl (C=O) groups excluding carboxylic acids is 1. The van der Waals surface area contributed by atoms with Crippen LogP contribution in [0.4, 0.5) is 0 Å². The highest BCUT2D eigenvalue weighted by molar-refractivity contribution is 7.89. The molecule has 2 atom stereocenters. The van der Waals surface area contributed by atoms with Crippen LogP contribution in [0.1, 0.15) is 41.0 Å². The molecule has 130 valence electrons. The van der Waals surface area contributed by atoms with Gasteiger partial charge in [0.05, 0.1) is 4.90 Å². The maximum atomic E-state index is 12.1. The maximum absolute atomic E-state index is 12.1. The van der Waals surface area contributed by atoms with Crippen LogP contribution in [0, 0.1) is 0 Å². The first kappa shape index (κ1) is 19.4. The van der Waals surface area contributed by atoms with E-state index in [1.807, 2.05) is 27.7 Å². The van der Waals surface area contributed by atoms with Gasteiger partial charge in [0, 0.05) is 12.1 Å². The summed E-state index contributed by atoms with van der Waals surface area (Å²) in [7, 11) is -3.53. The van der Waals surface area contributed by atoms with E-state index in [9.17, 15) is 13.2 Å². The van der Waals surface area contributed by atoms with Crippen molar-refractivity contribution in [1.82, 2.24) is 10.0 Å². The molecule has 6 nitrogen and oxygen atoms in total. The van der Waals surface area contributed by atoms with E-state index in [0.717, 1.165) is 0 Å². The fourth-order valence-electron chi connectivity index (χ4n) is 1.77. The summed E-state index contributed by atoms with van der Waals surface area (Å²) < 4.78 is 32.4. The molecule has 0 saturated heterocycles. The van der Waals surface area contributed by atoms with E-state index in [1.54, 1.807) is 19.1 Å². The van der Waals surface area contributed by atoms with Crippen LogP contribution < -0.4 is 14.8 Å². The molecule has 1 amide bonds.